The normalized spacial score (nSPS) is 20.9. The zero-order valence-corrected chi connectivity index (χ0v) is 13.6. The molecule has 1 amide bonds. The van der Waals surface area contributed by atoms with Gasteiger partial charge in [0.25, 0.3) is 5.91 Å². The summed E-state index contributed by atoms with van der Waals surface area (Å²) < 4.78 is 0.802. The number of carbonyl (C=O) groups excluding carboxylic acids is 1. The first-order valence-electron chi connectivity index (χ1n) is 7.11. The number of nitrogens with one attached hydrogen (secondary N) is 1. The van der Waals surface area contributed by atoms with Crippen LogP contribution in [0.15, 0.2) is 18.2 Å². The Morgan fingerprint density at radius 3 is 2.35 bits per heavy atom. The van der Waals surface area contributed by atoms with Gasteiger partial charge in [0.05, 0.1) is 20.6 Å². The van der Waals surface area contributed by atoms with E-state index in [9.17, 15) is 4.79 Å². The van der Waals surface area contributed by atoms with E-state index in [-0.39, 0.29) is 24.4 Å². The summed E-state index contributed by atoms with van der Waals surface area (Å²) in [6, 6.07) is 6.20. The quantitative estimate of drug-likeness (QED) is 0.757. The average molecular weight is 297 g/mol. The van der Waals surface area contributed by atoms with Gasteiger partial charge in [0.15, 0.2) is 6.04 Å². The molecular formula is C16H25ClN2O. The summed E-state index contributed by atoms with van der Waals surface area (Å²) in [5.74, 6) is 0.169. The minimum Gasteiger partial charge on any atom is -1.00 e. The number of likely N-dealkylation sites (N-methyl/N-ethyl adjacent to an activating group) is 1. The number of anilines is 1. The van der Waals surface area contributed by atoms with Gasteiger partial charge >= 0.3 is 0 Å². The van der Waals surface area contributed by atoms with Crippen molar-refractivity contribution >= 4 is 11.6 Å². The lowest BCUT2D eigenvalue weighted by molar-refractivity contribution is -0.910. The topological polar surface area (TPSA) is 29.1 Å². The van der Waals surface area contributed by atoms with E-state index in [2.05, 4.69) is 19.4 Å². The van der Waals surface area contributed by atoms with Gasteiger partial charge in [0.2, 0.25) is 0 Å². The fourth-order valence-electron chi connectivity index (χ4n) is 3.03. The number of hydrogen-bond donors (Lipinski definition) is 1. The minimum absolute atomic E-state index is 0. The first-order valence-corrected chi connectivity index (χ1v) is 7.11. The first-order chi connectivity index (χ1) is 8.92. The molecule has 1 aliphatic rings. The number of hydrogen-bond acceptors (Lipinski definition) is 1. The van der Waals surface area contributed by atoms with Gasteiger partial charge in [-0.05, 0) is 37.8 Å². The molecule has 4 heteroatoms. The lowest BCUT2D eigenvalue weighted by Gasteiger charge is -2.40. The van der Waals surface area contributed by atoms with Crippen molar-refractivity contribution in [2.75, 3.05) is 26.0 Å². The molecular weight excluding hydrogens is 272 g/mol. The van der Waals surface area contributed by atoms with Gasteiger partial charge in [-0.2, -0.15) is 0 Å². The number of likely N-dealkylation sites (tertiary alicyclic amines) is 1. The molecule has 1 aromatic rings. The van der Waals surface area contributed by atoms with Crippen LogP contribution in [0.3, 0.4) is 0 Å². The number of quaternary nitrogens is 1. The van der Waals surface area contributed by atoms with Crippen molar-refractivity contribution in [2.45, 2.75) is 39.2 Å². The predicted molar refractivity (Wildman–Crippen MR) is 79.2 cm³/mol. The van der Waals surface area contributed by atoms with Crippen LogP contribution in [0.25, 0.3) is 0 Å². The molecule has 112 valence electrons. The van der Waals surface area contributed by atoms with Crippen molar-refractivity contribution < 1.29 is 21.7 Å². The number of halogens is 1. The summed E-state index contributed by atoms with van der Waals surface area (Å²) in [5.41, 5.74) is 3.25. The molecule has 20 heavy (non-hydrogen) atoms. The second kappa shape index (κ2) is 6.59. The number of amides is 1. The zero-order chi connectivity index (χ0) is 14.0. The average Bonchev–Trinajstić information content (AvgIpc) is 2.33. The van der Waals surface area contributed by atoms with Gasteiger partial charge in [-0.15, -0.1) is 0 Å². The maximum absolute atomic E-state index is 12.6. The predicted octanol–water partition coefficient (Wildman–Crippen LogP) is -0.125. The lowest BCUT2D eigenvalue weighted by atomic mass is 9.99. The summed E-state index contributed by atoms with van der Waals surface area (Å²) >= 11 is 0. The molecule has 1 aliphatic heterocycles. The number of nitrogens with zero attached hydrogens (tertiary/aromatic N) is 1. The van der Waals surface area contributed by atoms with E-state index in [0.29, 0.717) is 0 Å². The summed E-state index contributed by atoms with van der Waals surface area (Å²) in [7, 11) is 4.32. The molecule has 1 aromatic carbocycles. The van der Waals surface area contributed by atoms with Crippen LogP contribution in [-0.2, 0) is 4.79 Å². The summed E-state index contributed by atoms with van der Waals surface area (Å²) in [4.78, 5) is 12.6. The minimum atomic E-state index is 0. The third-order valence-corrected chi connectivity index (χ3v) is 4.34. The molecule has 1 fully saturated rings. The van der Waals surface area contributed by atoms with Crippen molar-refractivity contribution in [3.63, 3.8) is 0 Å². The number of piperidine rings is 1. The first kappa shape index (κ1) is 17.0. The molecule has 1 atom stereocenters. The molecule has 3 nitrogen and oxygen atoms in total. The third kappa shape index (κ3) is 3.53. The number of rotatable bonds is 2. The highest BCUT2D eigenvalue weighted by molar-refractivity contribution is 5.95. The van der Waals surface area contributed by atoms with Crippen LogP contribution in [0, 0.1) is 13.8 Å². The highest BCUT2D eigenvalue weighted by Crippen LogP contribution is 2.25. The number of aryl methyl sites for hydroxylation is 2. The Balaban J connectivity index is 0.00000200. The van der Waals surface area contributed by atoms with E-state index in [0.717, 1.165) is 40.7 Å². The highest BCUT2D eigenvalue weighted by atomic mass is 35.5. The molecule has 1 unspecified atom stereocenters. The monoisotopic (exact) mass is 296 g/mol. The van der Waals surface area contributed by atoms with Crippen molar-refractivity contribution in [3.8, 4) is 0 Å². The van der Waals surface area contributed by atoms with Gasteiger partial charge in [-0.1, -0.05) is 18.2 Å². The molecule has 2 rings (SSSR count). The van der Waals surface area contributed by atoms with Gasteiger partial charge in [0, 0.05) is 12.1 Å². The number of benzene rings is 1. The maximum atomic E-state index is 12.6. The van der Waals surface area contributed by atoms with Crippen LogP contribution in [0.4, 0.5) is 5.69 Å². The van der Waals surface area contributed by atoms with Gasteiger partial charge in [-0.3, -0.25) is 4.79 Å². The van der Waals surface area contributed by atoms with Crippen LogP contribution in [0.1, 0.15) is 30.4 Å². The molecule has 1 N–H and O–H groups in total. The maximum Gasteiger partial charge on any atom is 0.282 e. The van der Waals surface area contributed by atoms with Crippen molar-refractivity contribution in [3.05, 3.63) is 29.3 Å². The van der Waals surface area contributed by atoms with Crippen LogP contribution >= 0.6 is 0 Å². The Labute approximate surface area is 128 Å². The van der Waals surface area contributed by atoms with Crippen LogP contribution < -0.4 is 17.7 Å². The fraction of sp³-hybridized carbons (Fsp3) is 0.562. The summed E-state index contributed by atoms with van der Waals surface area (Å²) in [6.45, 7) is 5.18. The number of carbonyl (C=O) groups is 1. The standard InChI is InChI=1S/C16H24N2O.ClH/c1-12-8-7-9-13(2)15(12)17-16(19)14-10-5-6-11-18(14,3)4;/h7-9,14H,5-6,10-11H2,1-4H3;1H. The van der Waals surface area contributed by atoms with Gasteiger partial charge in [-0.25, -0.2) is 0 Å². The summed E-state index contributed by atoms with van der Waals surface area (Å²) in [6.07, 6.45) is 3.37. The molecule has 0 radical (unpaired) electrons. The Morgan fingerprint density at radius 1 is 1.20 bits per heavy atom. The number of para-hydroxylation sites is 1. The Hall–Kier alpha value is -1.06. The van der Waals surface area contributed by atoms with E-state index in [1.165, 1.54) is 6.42 Å². The smallest absolute Gasteiger partial charge is 0.282 e. The van der Waals surface area contributed by atoms with Crippen molar-refractivity contribution in [2.24, 2.45) is 0 Å². The molecule has 1 saturated heterocycles. The van der Waals surface area contributed by atoms with E-state index in [4.69, 9.17) is 0 Å². The molecule has 0 aromatic heterocycles. The van der Waals surface area contributed by atoms with Crippen molar-refractivity contribution in [1.29, 1.82) is 0 Å². The highest BCUT2D eigenvalue weighted by Gasteiger charge is 2.37. The fourth-order valence-corrected chi connectivity index (χ4v) is 3.03. The second-order valence-electron chi connectivity index (χ2n) is 6.27. The van der Waals surface area contributed by atoms with Crippen LogP contribution in [0.5, 0.6) is 0 Å². The summed E-state index contributed by atoms with van der Waals surface area (Å²) in [5, 5.41) is 3.15. The Kier molecular flexibility index (Phi) is 5.60. The van der Waals surface area contributed by atoms with Gasteiger partial charge in [0.1, 0.15) is 0 Å². The lowest BCUT2D eigenvalue weighted by Crippen LogP contribution is -3.00. The molecule has 0 saturated carbocycles. The van der Waals surface area contributed by atoms with E-state index >= 15 is 0 Å². The zero-order valence-electron chi connectivity index (χ0n) is 12.9. The van der Waals surface area contributed by atoms with E-state index in [1.807, 2.05) is 32.0 Å². The largest absolute Gasteiger partial charge is 1.00 e. The molecule has 0 spiro atoms. The second-order valence-corrected chi connectivity index (χ2v) is 6.27. The molecule has 1 heterocycles. The Bertz CT molecular complexity index is 465. The van der Waals surface area contributed by atoms with Crippen LogP contribution in [-0.4, -0.2) is 37.1 Å². The van der Waals surface area contributed by atoms with E-state index < -0.39 is 0 Å². The molecule has 0 aliphatic carbocycles. The van der Waals surface area contributed by atoms with Crippen LogP contribution in [0.2, 0.25) is 0 Å². The Morgan fingerprint density at radius 2 is 1.80 bits per heavy atom. The SMILES string of the molecule is Cc1cccc(C)c1NC(=O)C1CCCC[N+]1(C)C.[Cl-]. The van der Waals surface area contributed by atoms with Crippen molar-refractivity contribution in [1.82, 2.24) is 0 Å². The van der Waals surface area contributed by atoms with E-state index in [1.54, 1.807) is 0 Å². The third-order valence-electron chi connectivity index (χ3n) is 4.34. The van der Waals surface area contributed by atoms with Gasteiger partial charge < -0.3 is 22.2 Å². The molecule has 0 bridgehead atoms.